The molecule has 48 valence electrons. The van der Waals surface area contributed by atoms with E-state index < -0.39 is 0 Å². The van der Waals surface area contributed by atoms with E-state index in [0.717, 1.165) is 0 Å². The molecular weight excluding hydrogens is 110 g/mol. The highest BCUT2D eigenvalue weighted by Gasteiger charge is 1.89. The maximum atomic E-state index is 7.65. The highest BCUT2D eigenvalue weighted by atomic mass is 14.5. The minimum Gasteiger partial charge on any atom is -0.399 e. The van der Waals surface area contributed by atoms with Gasteiger partial charge in [-0.1, -0.05) is 17.6 Å². The number of anilines is 1. The molecule has 1 nitrogen and oxygen atoms in total. The number of hydrogen-bond acceptors (Lipinski definition) is 1. The Hall–Kier alpha value is -0.980. The van der Waals surface area contributed by atoms with E-state index in [1.807, 2.05) is 0 Å². The van der Waals surface area contributed by atoms with Crippen molar-refractivity contribution in [3.63, 3.8) is 0 Å². The lowest BCUT2D eigenvalue weighted by atomic mass is 10.1. The van der Waals surface area contributed by atoms with Gasteiger partial charge in [-0.15, -0.1) is 0 Å². The molecule has 0 aliphatic heterocycles. The molecule has 0 bridgehead atoms. The maximum Gasteiger partial charge on any atom is 0.156 e. The van der Waals surface area contributed by atoms with Crippen LogP contribution in [-0.2, 0) is 0 Å². The van der Waals surface area contributed by atoms with Crippen LogP contribution in [0.15, 0.2) is 18.1 Å². The first kappa shape index (κ1) is 2.01. The fraction of sp³-hybridized carbons (Fsp3) is 0.250. The molecule has 0 radical (unpaired) electrons. The standard InChI is InChI=1S/C8H11N/c1-6-3-4-8(9)7(2)5-6/h3-5H,9H2,1-2H3/i2D,3D,4D,5D/hD2. The number of rotatable bonds is 1. The Morgan fingerprint density at radius 3 is 3.33 bits per heavy atom. The number of benzene rings is 1. The summed E-state index contributed by atoms with van der Waals surface area (Å²) in [6, 6.07) is -0.446. The van der Waals surface area contributed by atoms with E-state index in [9.17, 15) is 0 Å². The minimum absolute atomic E-state index is 0.0227. The van der Waals surface area contributed by atoms with Gasteiger partial charge in [0.25, 0.3) is 0 Å². The lowest BCUT2D eigenvalue weighted by molar-refractivity contribution is 1.39. The molecule has 0 atom stereocenters. The van der Waals surface area contributed by atoms with Gasteiger partial charge in [0.05, 0.1) is 4.11 Å². The molecule has 1 heteroatoms. The highest BCUT2D eigenvalue weighted by Crippen LogP contribution is 2.10. The Balaban J connectivity index is 3.62. The SMILES string of the molecule is [2H]Cc1c([2H])c(C)c([2H])c([2H])c1N([2H])[2H]. The van der Waals surface area contributed by atoms with Crippen molar-refractivity contribution >= 4 is 5.69 Å². The van der Waals surface area contributed by atoms with Crippen molar-refractivity contribution in [2.24, 2.45) is 0 Å². The zero-order chi connectivity index (χ0) is 11.7. The highest BCUT2D eigenvalue weighted by molar-refractivity contribution is 5.47. The van der Waals surface area contributed by atoms with E-state index >= 15 is 0 Å². The van der Waals surface area contributed by atoms with Gasteiger partial charge in [0.2, 0.25) is 0 Å². The van der Waals surface area contributed by atoms with Crippen LogP contribution in [-0.4, -0.2) is 0 Å². The molecule has 9 heavy (non-hydrogen) atoms. The molecule has 0 saturated carbocycles. The summed E-state index contributed by atoms with van der Waals surface area (Å²) >= 11 is 0. The van der Waals surface area contributed by atoms with Crippen LogP contribution < -0.4 is 5.72 Å². The maximum absolute atomic E-state index is 7.65. The van der Waals surface area contributed by atoms with Crippen molar-refractivity contribution < 1.29 is 8.31 Å². The van der Waals surface area contributed by atoms with Gasteiger partial charge in [-0.25, -0.2) is 0 Å². The lowest BCUT2D eigenvalue weighted by Crippen LogP contribution is -1.88. The van der Waals surface area contributed by atoms with Crippen LogP contribution in [0, 0.1) is 13.8 Å². The second kappa shape index (κ2) is 2.09. The normalized spacial score (nSPS) is 18.3. The molecule has 0 fully saturated rings. The van der Waals surface area contributed by atoms with E-state index in [2.05, 4.69) is 0 Å². The summed E-state index contributed by atoms with van der Waals surface area (Å²) in [5.41, 5.74) is 0.513. The van der Waals surface area contributed by atoms with Crippen molar-refractivity contribution in [1.82, 2.24) is 0 Å². The Kier molecular flexibility index (Phi) is 0.468. The third-order valence-corrected chi connectivity index (χ3v) is 0.993. The predicted octanol–water partition coefficient (Wildman–Crippen LogP) is 1.89. The van der Waals surface area contributed by atoms with Crippen molar-refractivity contribution in [3.8, 4) is 0 Å². The van der Waals surface area contributed by atoms with Crippen molar-refractivity contribution in [2.75, 3.05) is 5.72 Å². The van der Waals surface area contributed by atoms with Gasteiger partial charge in [0, 0.05) is 7.06 Å². The summed E-state index contributed by atoms with van der Waals surface area (Å²) in [7, 11) is 0. The summed E-state index contributed by atoms with van der Waals surface area (Å²) in [6.07, 6.45) is 0. The van der Waals surface area contributed by atoms with Gasteiger partial charge in [-0.3, -0.25) is 0 Å². The van der Waals surface area contributed by atoms with Gasteiger partial charge in [0.15, 0.2) is 2.82 Å². The van der Waals surface area contributed by atoms with E-state index in [0.29, 0.717) is 5.56 Å². The number of nitrogen functional groups attached to an aromatic ring is 1. The third kappa shape index (κ3) is 1.22. The van der Waals surface area contributed by atoms with E-state index in [4.69, 9.17) is 8.31 Å². The van der Waals surface area contributed by atoms with Gasteiger partial charge >= 0.3 is 0 Å². The molecule has 1 aromatic carbocycles. The first-order valence-corrected chi connectivity index (χ1v) is 2.58. The Morgan fingerprint density at radius 1 is 1.78 bits per heavy atom. The van der Waals surface area contributed by atoms with Crippen LogP contribution in [0.1, 0.15) is 16.6 Å². The topological polar surface area (TPSA) is 26.0 Å². The monoisotopic (exact) mass is 127 g/mol. The molecule has 0 heterocycles. The Morgan fingerprint density at radius 2 is 2.67 bits per heavy atom. The van der Waals surface area contributed by atoms with Crippen LogP contribution in [0.25, 0.3) is 0 Å². The quantitative estimate of drug-likeness (QED) is 0.573. The van der Waals surface area contributed by atoms with Gasteiger partial charge < -0.3 is 5.72 Å². The van der Waals surface area contributed by atoms with E-state index in [-0.39, 0.29) is 42.0 Å². The Labute approximate surface area is 64.0 Å². The molecule has 1 aromatic rings. The van der Waals surface area contributed by atoms with Crippen LogP contribution in [0.2, 0.25) is 2.82 Å². The van der Waals surface area contributed by atoms with Gasteiger partial charge in [0.1, 0.15) is 0 Å². The van der Waals surface area contributed by atoms with Crippen LogP contribution in [0.3, 0.4) is 0 Å². The largest absolute Gasteiger partial charge is 0.399 e. The molecule has 0 aliphatic carbocycles. The fourth-order valence-electron chi connectivity index (χ4n) is 0.545. The molecule has 0 aliphatic rings. The lowest BCUT2D eigenvalue weighted by Gasteiger charge is -1.98. The smallest absolute Gasteiger partial charge is 0.156 e. The van der Waals surface area contributed by atoms with Gasteiger partial charge in [-0.05, 0) is 25.4 Å². The molecule has 0 saturated heterocycles. The number of hydrogen-bond donors (Lipinski definition) is 1. The molecule has 2 N–H and O–H groups in total. The molecule has 0 aromatic heterocycles. The molecule has 0 amide bonds. The van der Waals surface area contributed by atoms with Crippen LogP contribution in [0.5, 0.6) is 0 Å². The van der Waals surface area contributed by atoms with E-state index in [1.165, 1.54) is 6.92 Å². The molecule has 0 unspecified atom stereocenters. The second-order valence-electron chi connectivity index (χ2n) is 1.83. The predicted molar refractivity (Wildman–Crippen MR) is 40.3 cm³/mol. The van der Waals surface area contributed by atoms with Crippen molar-refractivity contribution in [2.45, 2.75) is 13.8 Å². The molecule has 1 rings (SSSR count). The third-order valence-electron chi connectivity index (χ3n) is 0.993. The summed E-state index contributed by atoms with van der Waals surface area (Å²) in [4.78, 5) is 0. The van der Waals surface area contributed by atoms with Crippen LogP contribution >= 0.6 is 0 Å². The minimum atomic E-state index is -0.268. The van der Waals surface area contributed by atoms with Gasteiger partial charge in [-0.2, -0.15) is 0 Å². The molecule has 0 spiro atoms. The summed E-state index contributed by atoms with van der Waals surface area (Å²) in [6.45, 7) is 1.26. The zero-order valence-corrected chi connectivity index (χ0v) is 5.15. The van der Waals surface area contributed by atoms with Crippen LogP contribution in [0.4, 0.5) is 5.69 Å². The summed E-state index contributed by atoms with van der Waals surface area (Å²) in [5.74, 6) is 0. The fourth-order valence-corrected chi connectivity index (χ4v) is 0.545. The average molecular weight is 127 g/mol. The Bertz CT molecular complexity index is 389. The molecular formula is C8H11N. The summed E-state index contributed by atoms with van der Waals surface area (Å²) < 4.78 is 44.2. The average Bonchev–Trinajstić information content (AvgIpc) is 2.19. The van der Waals surface area contributed by atoms with E-state index in [1.54, 1.807) is 0 Å². The number of nitrogens with two attached hydrogens (primary N) is 1. The zero-order valence-electron chi connectivity index (χ0n) is 11.2. The first-order valence-electron chi connectivity index (χ1n) is 5.68. The van der Waals surface area contributed by atoms with Crippen molar-refractivity contribution in [3.05, 3.63) is 29.3 Å². The van der Waals surface area contributed by atoms with Crippen molar-refractivity contribution in [1.29, 1.82) is 0 Å². The summed E-state index contributed by atoms with van der Waals surface area (Å²) in [5, 5.41) is 0. The second-order valence-corrected chi connectivity index (χ2v) is 1.83. The first-order chi connectivity index (χ1) is 6.91.